The van der Waals surface area contributed by atoms with Gasteiger partial charge in [-0.25, -0.2) is 0 Å². The number of hydrogen-bond donors (Lipinski definition) is 0. The largest absolute Gasteiger partial charge is 0.369 e. The molecule has 6 rings (SSSR count). The molecule has 0 aromatic carbocycles. The molecule has 1 heteroatoms. The highest BCUT2D eigenvalue weighted by Gasteiger charge is 2.88. The Kier molecular flexibility index (Phi) is 0.551. The van der Waals surface area contributed by atoms with Crippen molar-refractivity contribution >= 4 is 0 Å². The molecule has 0 aromatic heterocycles. The van der Waals surface area contributed by atoms with Gasteiger partial charge in [0.2, 0.25) is 0 Å². The van der Waals surface area contributed by atoms with E-state index in [4.69, 9.17) is 4.74 Å². The molecule has 1 heterocycles. The predicted molar refractivity (Wildman–Crippen MR) is 45.8 cm³/mol. The summed E-state index contributed by atoms with van der Waals surface area (Å²) in [7, 11) is 0. The number of rotatable bonds is 0. The monoisotopic (exact) mass is 174 g/mol. The van der Waals surface area contributed by atoms with Crippen LogP contribution in [0.2, 0.25) is 0 Å². The number of hydrogen-bond acceptors (Lipinski definition) is 1. The summed E-state index contributed by atoms with van der Waals surface area (Å²) >= 11 is 0. The molecule has 13 heavy (non-hydrogen) atoms. The molecular weight excluding hydrogens is 160 g/mol. The van der Waals surface area contributed by atoms with Crippen molar-refractivity contribution in [3.8, 4) is 0 Å². The lowest BCUT2D eigenvalue weighted by Crippen LogP contribution is -2.47. The van der Waals surface area contributed by atoms with Crippen molar-refractivity contribution in [3.63, 3.8) is 0 Å². The Bertz CT molecular complexity index is 339. The first-order chi connectivity index (χ1) is 6.42. The second kappa shape index (κ2) is 1.25. The average Bonchev–Trinajstić information content (AvgIpc) is 2.54. The molecule has 9 atom stereocenters. The van der Waals surface area contributed by atoms with Crippen molar-refractivity contribution < 1.29 is 4.74 Å². The van der Waals surface area contributed by atoms with Crippen LogP contribution in [0.5, 0.6) is 0 Å². The van der Waals surface area contributed by atoms with Crippen LogP contribution in [0.25, 0.3) is 0 Å². The summed E-state index contributed by atoms with van der Waals surface area (Å²) in [4.78, 5) is 0. The number of ether oxygens (including phenoxy) is 1. The van der Waals surface area contributed by atoms with Gasteiger partial charge in [0.05, 0.1) is 12.2 Å². The van der Waals surface area contributed by atoms with E-state index in [0.717, 1.165) is 36.2 Å². The Morgan fingerprint density at radius 1 is 0.846 bits per heavy atom. The van der Waals surface area contributed by atoms with E-state index in [9.17, 15) is 0 Å². The predicted octanol–water partition coefficient (Wildman–Crippen LogP) is 1.53. The van der Waals surface area contributed by atoms with Crippen LogP contribution >= 0.6 is 0 Å². The second-order valence-electron chi connectivity index (χ2n) is 6.58. The van der Waals surface area contributed by atoms with Gasteiger partial charge in [0.25, 0.3) is 0 Å². The van der Waals surface area contributed by atoms with Gasteiger partial charge in [-0.15, -0.1) is 0 Å². The van der Waals surface area contributed by atoms with E-state index in [-0.39, 0.29) is 0 Å². The first-order valence-corrected chi connectivity index (χ1v) is 6.06. The summed E-state index contributed by atoms with van der Waals surface area (Å²) < 4.78 is 5.92. The van der Waals surface area contributed by atoms with Crippen molar-refractivity contribution in [3.05, 3.63) is 0 Å². The maximum absolute atomic E-state index is 5.92. The lowest BCUT2D eigenvalue weighted by molar-refractivity contribution is -0.0168. The normalized spacial score (nSPS) is 88.6. The molecule has 6 aliphatic rings. The Labute approximate surface area is 77.8 Å². The molecule has 0 radical (unpaired) electrons. The minimum Gasteiger partial charge on any atom is -0.369 e. The zero-order valence-electron chi connectivity index (χ0n) is 7.65. The molecule has 6 fully saturated rings. The third-order valence-electron chi connectivity index (χ3n) is 6.97. The molecule has 2 bridgehead atoms. The number of epoxide rings is 1. The Hall–Kier alpha value is -0.0400. The molecule has 0 amide bonds. The van der Waals surface area contributed by atoms with Gasteiger partial charge in [-0.3, -0.25) is 0 Å². The van der Waals surface area contributed by atoms with Crippen molar-refractivity contribution in [2.75, 3.05) is 6.61 Å². The van der Waals surface area contributed by atoms with Crippen LogP contribution in [0.3, 0.4) is 0 Å². The lowest BCUT2D eigenvalue weighted by Gasteiger charge is -2.46. The van der Waals surface area contributed by atoms with E-state index < -0.39 is 0 Å². The minimum atomic E-state index is 0.505. The van der Waals surface area contributed by atoms with E-state index in [2.05, 4.69) is 0 Å². The molecule has 0 unspecified atom stereocenters. The van der Waals surface area contributed by atoms with Gasteiger partial charge < -0.3 is 4.74 Å². The lowest BCUT2D eigenvalue weighted by atomic mass is 9.57. The minimum absolute atomic E-state index is 0.505. The highest BCUT2D eigenvalue weighted by molar-refractivity contribution is 5.35. The highest BCUT2D eigenvalue weighted by Crippen LogP contribution is 2.87. The quantitative estimate of drug-likeness (QED) is 0.507. The van der Waals surface area contributed by atoms with Gasteiger partial charge in [-0.2, -0.15) is 0 Å². The molecular formula is C12H14O. The summed E-state index contributed by atoms with van der Waals surface area (Å²) in [5, 5.41) is 0. The molecule has 5 saturated carbocycles. The summed E-state index contributed by atoms with van der Waals surface area (Å²) in [6.45, 7) is 1.15. The third-order valence-corrected chi connectivity index (χ3v) is 6.97. The second-order valence-corrected chi connectivity index (χ2v) is 6.58. The standard InChI is InChI=1S/C12H14O/c1-4-5-2-6-8(4)9-7(1)10(5)12(3-13-12)11(6)9/h4-11H,1-3H2/t4-,5-,6+,7-,8+,9-,10+,11+,12+/m0/s1. The van der Waals surface area contributed by atoms with Gasteiger partial charge in [0.15, 0.2) is 0 Å². The zero-order chi connectivity index (χ0) is 7.95. The van der Waals surface area contributed by atoms with Crippen molar-refractivity contribution in [1.82, 2.24) is 0 Å². The van der Waals surface area contributed by atoms with Crippen LogP contribution in [-0.4, -0.2) is 12.2 Å². The Morgan fingerprint density at radius 3 is 2.46 bits per heavy atom. The van der Waals surface area contributed by atoms with Gasteiger partial charge in [-0.1, -0.05) is 0 Å². The van der Waals surface area contributed by atoms with Gasteiger partial charge in [0, 0.05) is 0 Å². The molecule has 0 N–H and O–H groups in total. The third kappa shape index (κ3) is 0.319. The first-order valence-electron chi connectivity index (χ1n) is 6.06. The summed E-state index contributed by atoms with van der Waals surface area (Å²) in [6.07, 6.45) is 3.23. The van der Waals surface area contributed by atoms with Crippen molar-refractivity contribution in [2.45, 2.75) is 18.4 Å². The Morgan fingerprint density at radius 2 is 1.62 bits per heavy atom. The molecule has 1 aliphatic heterocycles. The summed E-state index contributed by atoms with van der Waals surface area (Å²) in [5.41, 5.74) is 0.505. The fraction of sp³-hybridized carbons (Fsp3) is 1.00. The fourth-order valence-electron chi connectivity index (χ4n) is 7.16. The molecule has 5 aliphatic carbocycles. The van der Waals surface area contributed by atoms with E-state index in [1.807, 2.05) is 0 Å². The van der Waals surface area contributed by atoms with E-state index in [1.165, 1.54) is 17.8 Å². The zero-order valence-corrected chi connectivity index (χ0v) is 7.65. The first kappa shape index (κ1) is 5.75. The van der Waals surface area contributed by atoms with Crippen molar-refractivity contribution in [2.24, 2.45) is 47.3 Å². The summed E-state index contributed by atoms with van der Waals surface area (Å²) in [5.74, 6) is 9.11. The fourth-order valence-corrected chi connectivity index (χ4v) is 7.16. The van der Waals surface area contributed by atoms with Gasteiger partial charge in [-0.05, 0) is 60.2 Å². The molecule has 68 valence electrons. The smallest absolute Gasteiger partial charge is 0.0983 e. The van der Waals surface area contributed by atoms with Crippen LogP contribution in [0.15, 0.2) is 0 Å². The van der Waals surface area contributed by atoms with E-state index >= 15 is 0 Å². The molecule has 1 nitrogen and oxygen atoms in total. The van der Waals surface area contributed by atoms with Crippen molar-refractivity contribution in [1.29, 1.82) is 0 Å². The SMILES string of the molecule is C1[C@@H]2[C@H]3[C@H]4C[C@H]5[C@@H]3[C@@H]2[C@@]2(CO2)[C@@H]5[C@@H]14. The van der Waals surface area contributed by atoms with Gasteiger partial charge in [0.1, 0.15) is 0 Å². The van der Waals surface area contributed by atoms with Crippen LogP contribution in [0.1, 0.15) is 12.8 Å². The van der Waals surface area contributed by atoms with Gasteiger partial charge >= 0.3 is 0 Å². The van der Waals surface area contributed by atoms with Crippen LogP contribution in [0.4, 0.5) is 0 Å². The number of fused-ring (bicyclic) bond motifs is 4. The molecule has 0 aromatic rings. The average molecular weight is 174 g/mol. The van der Waals surface area contributed by atoms with E-state index in [1.54, 1.807) is 12.8 Å². The molecule has 1 spiro atoms. The van der Waals surface area contributed by atoms with Crippen LogP contribution < -0.4 is 0 Å². The van der Waals surface area contributed by atoms with Crippen LogP contribution in [0, 0.1) is 47.3 Å². The maximum atomic E-state index is 5.92. The highest BCUT2D eigenvalue weighted by atomic mass is 16.6. The topological polar surface area (TPSA) is 12.5 Å². The molecule has 1 saturated heterocycles. The van der Waals surface area contributed by atoms with E-state index in [0.29, 0.717) is 5.60 Å². The Balaban J connectivity index is 1.76. The maximum Gasteiger partial charge on any atom is 0.0983 e. The summed E-state index contributed by atoms with van der Waals surface area (Å²) in [6, 6.07) is 0. The van der Waals surface area contributed by atoms with Crippen LogP contribution in [-0.2, 0) is 4.74 Å².